The fraction of sp³-hybridized carbons (Fsp3) is 0.118. The molecule has 1 aliphatic rings. The van der Waals surface area contributed by atoms with E-state index in [0.717, 1.165) is 22.2 Å². The summed E-state index contributed by atoms with van der Waals surface area (Å²) in [7, 11) is 1.19. The first kappa shape index (κ1) is 17.3. The molecular formula is C17H12ClNO5S. The number of hydrogen-bond donors (Lipinski definition) is 0. The van der Waals surface area contributed by atoms with E-state index in [2.05, 4.69) is 4.74 Å². The van der Waals surface area contributed by atoms with Crippen LogP contribution >= 0.6 is 23.4 Å². The third-order valence-electron chi connectivity index (χ3n) is 3.40. The average molecular weight is 378 g/mol. The summed E-state index contributed by atoms with van der Waals surface area (Å²) in [5.74, 6) is -0.216. The highest BCUT2D eigenvalue weighted by molar-refractivity contribution is 8.18. The van der Waals surface area contributed by atoms with Gasteiger partial charge in [-0.3, -0.25) is 19.3 Å². The van der Waals surface area contributed by atoms with Crippen molar-refractivity contribution in [2.75, 3.05) is 13.7 Å². The number of rotatable bonds is 4. The highest BCUT2D eigenvalue weighted by Gasteiger charge is 2.36. The zero-order valence-electron chi connectivity index (χ0n) is 13.0. The average Bonchev–Trinajstić information content (AvgIpc) is 3.15. The first-order valence-corrected chi connectivity index (χ1v) is 8.35. The van der Waals surface area contributed by atoms with E-state index < -0.39 is 23.7 Å². The monoisotopic (exact) mass is 377 g/mol. The lowest BCUT2D eigenvalue weighted by molar-refractivity contribution is -0.143. The second kappa shape index (κ2) is 7.16. The van der Waals surface area contributed by atoms with Crippen LogP contribution in [-0.2, 0) is 14.3 Å². The van der Waals surface area contributed by atoms with E-state index in [1.54, 1.807) is 30.3 Å². The minimum absolute atomic E-state index is 0.181. The van der Waals surface area contributed by atoms with Crippen LogP contribution in [0.4, 0.5) is 4.79 Å². The number of thioether (sulfide) groups is 1. The molecule has 1 fully saturated rings. The van der Waals surface area contributed by atoms with Crippen molar-refractivity contribution in [1.82, 2.24) is 4.90 Å². The normalized spacial score (nSPS) is 15.9. The predicted molar refractivity (Wildman–Crippen MR) is 93.8 cm³/mol. The second-order valence-corrected chi connectivity index (χ2v) is 6.49. The Morgan fingerprint density at radius 3 is 2.84 bits per heavy atom. The lowest BCUT2D eigenvalue weighted by Gasteiger charge is -2.09. The van der Waals surface area contributed by atoms with Gasteiger partial charge in [0.2, 0.25) is 0 Å². The van der Waals surface area contributed by atoms with Crippen LogP contribution in [0.1, 0.15) is 5.76 Å². The molecule has 0 bridgehead atoms. The van der Waals surface area contributed by atoms with Gasteiger partial charge in [0, 0.05) is 16.7 Å². The van der Waals surface area contributed by atoms with Crippen molar-refractivity contribution in [2.45, 2.75) is 0 Å². The van der Waals surface area contributed by atoms with Gasteiger partial charge >= 0.3 is 5.97 Å². The smallest absolute Gasteiger partial charge is 0.325 e. The Balaban J connectivity index is 1.81. The van der Waals surface area contributed by atoms with E-state index >= 15 is 0 Å². The molecule has 0 aliphatic carbocycles. The Morgan fingerprint density at radius 2 is 2.12 bits per heavy atom. The van der Waals surface area contributed by atoms with Gasteiger partial charge in [-0.2, -0.15) is 0 Å². The maximum Gasteiger partial charge on any atom is 0.325 e. The molecule has 1 aliphatic heterocycles. The van der Waals surface area contributed by atoms with Crippen LogP contribution < -0.4 is 0 Å². The summed E-state index contributed by atoms with van der Waals surface area (Å²) in [5, 5.41) is 0.0580. The molecule has 128 valence electrons. The van der Waals surface area contributed by atoms with E-state index in [9.17, 15) is 14.4 Å². The highest BCUT2D eigenvalue weighted by atomic mass is 35.5. The van der Waals surface area contributed by atoms with Crippen molar-refractivity contribution in [1.29, 1.82) is 0 Å². The Kier molecular flexibility index (Phi) is 4.96. The largest absolute Gasteiger partial charge is 0.468 e. The molecule has 0 saturated carbocycles. The van der Waals surface area contributed by atoms with E-state index in [4.69, 9.17) is 16.0 Å². The van der Waals surface area contributed by atoms with Gasteiger partial charge in [0.15, 0.2) is 0 Å². The fourth-order valence-corrected chi connectivity index (χ4v) is 3.20. The molecule has 2 aromatic rings. The summed E-state index contributed by atoms with van der Waals surface area (Å²) in [6, 6.07) is 10.6. The molecule has 0 atom stereocenters. The van der Waals surface area contributed by atoms with Crippen molar-refractivity contribution in [2.24, 2.45) is 0 Å². The molecular weight excluding hydrogens is 366 g/mol. The molecule has 0 N–H and O–H groups in total. The molecule has 2 heterocycles. The standard InChI is InChI=1S/C17H12ClNO5S/c1-23-15(20)9-19-16(21)14(25-17(19)22)8-12-5-6-13(24-12)10-3-2-4-11(18)7-10/h2-8H,9H2,1H3/b14-8-. The molecule has 8 heteroatoms. The van der Waals surface area contributed by atoms with Gasteiger partial charge in [-0.25, -0.2) is 0 Å². The number of esters is 1. The van der Waals surface area contributed by atoms with E-state index in [1.165, 1.54) is 13.2 Å². The van der Waals surface area contributed by atoms with Crippen LogP contribution in [0.5, 0.6) is 0 Å². The summed E-state index contributed by atoms with van der Waals surface area (Å²) in [6.45, 7) is -0.412. The summed E-state index contributed by atoms with van der Waals surface area (Å²) >= 11 is 6.71. The summed E-state index contributed by atoms with van der Waals surface area (Å²) in [6.07, 6.45) is 1.47. The SMILES string of the molecule is COC(=O)CN1C(=O)S/C(=C\c2ccc(-c3cccc(Cl)c3)o2)C1=O. The Labute approximate surface area is 152 Å². The molecule has 3 rings (SSSR count). The summed E-state index contributed by atoms with van der Waals surface area (Å²) in [5.41, 5.74) is 0.797. The molecule has 0 spiro atoms. The zero-order chi connectivity index (χ0) is 18.0. The molecule has 0 unspecified atom stereocenters. The lowest BCUT2D eigenvalue weighted by Crippen LogP contribution is -2.34. The van der Waals surface area contributed by atoms with Gasteiger partial charge in [-0.05, 0) is 36.0 Å². The van der Waals surface area contributed by atoms with Crippen molar-refractivity contribution in [3.8, 4) is 11.3 Å². The molecule has 0 radical (unpaired) electrons. The van der Waals surface area contributed by atoms with Gasteiger partial charge in [0.05, 0.1) is 12.0 Å². The number of benzene rings is 1. The summed E-state index contributed by atoms with van der Waals surface area (Å²) in [4.78, 5) is 36.4. The third-order valence-corrected chi connectivity index (χ3v) is 4.54. The van der Waals surface area contributed by atoms with Crippen LogP contribution in [-0.4, -0.2) is 35.7 Å². The van der Waals surface area contributed by atoms with E-state index in [0.29, 0.717) is 16.5 Å². The minimum Gasteiger partial charge on any atom is -0.468 e. The van der Waals surface area contributed by atoms with Crippen LogP contribution in [0.25, 0.3) is 17.4 Å². The number of ether oxygens (including phenoxy) is 1. The fourth-order valence-electron chi connectivity index (χ4n) is 2.19. The molecule has 1 aromatic heterocycles. The lowest BCUT2D eigenvalue weighted by atomic mass is 10.2. The topological polar surface area (TPSA) is 76.8 Å². The number of halogens is 1. The minimum atomic E-state index is -0.662. The van der Waals surface area contributed by atoms with Crippen molar-refractivity contribution < 1.29 is 23.5 Å². The first-order chi connectivity index (χ1) is 12.0. The number of imide groups is 1. The van der Waals surface area contributed by atoms with Gasteiger partial charge in [-0.1, -0.05) is 23.7 Å². The first-order valence-electron chi connectivity index (χ1n) is 7.16. The maximum atomic E-state index is 12.2. The Hall–Kier alpha value is -2.51. The molecule has 1 saturated heterocycles. The van der Waals surface area contributed by atoms with Crippen LogP contribution in [0.3, 0.4) is 0 Å². The van der Waals surface area contributed by atoms with Gasteiger partial charge in [-0.15, -0.1) is 0 Å². The number of methoxy groups -OCH3 is 1. The van der Waals surface area contributed by atoms with Gasteiger partial charge < -0.3 is 9.15 Å². The quantitative estimate of drug-likeness (QED) is 0.595. The van der Waals surface area contributed by atoms with Crippen LogP contribution in [0.2, 0.25) is 5.02 Å². The van der Waals surface area contributed by atoms with Crippen LogP contribution in [0.15, 0.2) is 45.7 Å². The van der Waals surface area contributed by atoms with Crippen molar-refractivity contribution >= 4 is 46.6 Å². The predicted octanol–water partition coefficient (Wildman–Crippen LogP) is 3.81. The molecule has 25 heavy (non-hydrogen) atoms. The molecule has 6 nitrogen and oxygen atoms in total. The van der Waals surface area contributed by atoms with E-state index in [1.807, 2.05) is 6.07 Å². The van der Waals surface area contributed by atoms with Crippen molar-refractivity contribution in [3.05, 3.63) is 52.1 Å². The third kappa shape index (κ3) is 3.78. The highest BCUT2D eigenvalue weighted by Crippen LogP contribution is 2.33. The van der Waals surface area contributed by atoms with Gasteiger partial charge in [0.25, 0.3) is 11.1 Å². The maximum absolute atomic E-state index is 12.2. The zero-order valence-corrected chi connectivity index (χ0v) is 14.6. The van der Waals surface area contributed by atoms with E-state index in [-0.39, 0.29) is 4.91 Å². The number of nitrogens with zero attached hydrogens (tertiary/aromatic N) is 1. The summed E-state index contributed by atoms with van der Waals surface area (Å²) < 4.78 is 10.2. The molecule has 1 aromatic carbocycles. The number of carbonyl (C=O) groups is 3. The van der Waals surface area contributed by atoms with Crippen molar-refractivity contribution in [3.63, 3.8) is 0 Å². The number of carbonyl (C=O) groups excluding carboxylic acids is 3. The Bertz CT molecular complexity index is 889. The number of hydrogen-bond acceptors (Lipinski definition) is 6. The number of amides is 2. The van der Waals surface area contributed by atoms with Gasteiger partial charge in [0.1, 0.15) is 18.1 Å². The van der Waals surface area contributed by atoms with Crippen LogP contribution in [0, 0.1) is 0 Å². The second-order valence-electron chi connectivity index (χ2n) is 5.06. The number of furan rings is 1. The Morgan fingerprint density at radius 1 is 1.32 bits per heavy atom. The molecule has 2 amide bonds.